The maximum atomic E-state index is 6.12. The standard InChI is InChI=1S/C26H31N5O2/c1-19-8-10-21(11-9-19)25-29-22(18-33-25)14-28-26(27-2)31-16-23-24(17-31)32-13-12-30(23)15-20-6-4-3-5-7-20/h3-11,18,23-24H,12-17H2,1-2H3,(H,27,28). The Kier molecular flexibility index (Phi) is 6.41. The number of hydrogen-bond donors (Lipinski definition) is 1. The van der Waals surface area contributed by atoms with E-state index in [4.69, 9.17) is 9.15 Å². The second kappa shape index (κ2) is 9.77. The SMILES string of the molecule is CN=C(NCc1coc(-c2ccc(C)cc2)n1)N1CC2OCCN(Cc3ccccc3)C2C1. The van der Waals surface area contributed by atoms with Crippen LogP contribution >= 0.6 is 0 Å². The molecule has 2 saturated heterocycles. The predicted molar refractivity (Wildman–Crippen MR) is 129 cm³/mol. The smallest absolute Gasteiger partial charge is 0.226 e. The molecule has 3 aromatic rings. The molecule has 2 aliphatic rings. The van der Waals surface area contributed by atoms with Gasteiger partial charge in [-0.05, 0) is 24.6 Å². The maximum absolute atomic E-state index is 6.12. The molecule has 1 aromatic heterocycles. The number of nitrogens with one attached hydrogen (secondary N) is 1. The molecule has 2 aliphatic heterocycles. The van der Waals surface area contributed by atoms with Crippen molar-refractivity contribution >= 4 is 5.96 Å². The third kappa shape index (κ3) is 4.94. The summed E-state index contributed by atoms with van der Waals surface area (Å²) in [4.78, 5) is 14.0. The summed E-state index contributed by atoms with van der Waals surface area (Å²) >= 11 is 0. The van der Waals surface area contributed by atoms with Crippen LogP contribution in [0.4, 0.5) is 0 Å². The number of aliphatic imine (C=N–C) groups is 1. The molecule has 1 N–H and O–H groups in total. The number of guanidine groups is 1. The second-order valence-electron chi connectivity index (χ2n) is 8.75. The van der Waals surface area contributed by atoms with Gasteiger partial charge in [0.05, 0.1) is 31.0 Å². The lowest BCUT2D eigenvalue weighted by molar-refractivity contribution is -0.0502. The molecule has 3 heterocycles. The lowest BCUT2D eigenvalue weighted by atomic mass is 10.1. The van der Waals surface area contributed by atoms with Crippen LogP contribution in [0, 0.1) is 6.92 Å². The number of oxazole rings is 1. The fourth-order valence-corrected chi connectivity index (χ4v) is 4.66. The Morgan fingerprint density at radius 2 is 1.94 bits per heavy atom. The van der Waals surface area contributed by atoms with Crippen LogP contribution in [0.2, 0.25) is 0 Å². The van der Waals surface area contributed by atoms with Crippen LogP contribution in [-0.2, 0) is 17.8 Å². The third-order valence-electron chi connectivity index (χ3n) is 6.43. The van der Waals surface area contributed by atoms with Crippen LogP contribution in [0.25, 0.3) is 11.5 Å². The van der Waals surface area contributed by atoms with E-state index in [1.165, 1.54) is 11.1 Å². The number of hydrogen-bond acceptors (Lipinski definition) is 5. The summed E-state index contributed by atoms with van der Waals surface area (Å²) in [5.74, 6) is 1.51. The van der Waals surface area contributed by atoms with Crippen LogP contribution in [0.15, 0.2) is 70.3 Å². The first-order chi connectivity index (χ1) is 16.2. The summed E-state index contributed by atoms with van der Waals surface area (Å²) in [6.07, 6.45) is 1.91. The van der Waals surface area contributed by atoms with Gasteiger partial charge in [-0.2, -0.15) is 0 Å². The van der Waals surface area contributed by atoms with E-state index >= 15 is 0 Å². The summed E-state index contributed by atoms with van der Waals surface area (Å²) in [5, 5.41) is 3.46. The van der Waals surface area contributed by atoms with Crippen LogP contribution in [0.1, 0.15) is 16.8 Å². The van der Waals surface area contributed by atoms with Crippen molar-refractivity contribution in [2.45, 2.75) is 32.2 Å². The van der Waals surface area contributed by atoms with E-state index in [2.05, 4.69) is 74.5 Å². The number of aryl methyl sites for hydroxylation is 1. The van der Waals surface area contributed by atoms with Gasteiger partial charge in [0.1, 0.15) is 6.26 Å². The first-order valence-corrected chi connectivity index (χ1v) is 11.6. The highest BCUT2D eigenvalue weighted by Gasteiger charge is 2.41. The molecule has 7 heteroatoms. The number of nitrogens with zero attached hydrogens (tertiary/aromatic N) is 4. The van der Waals surface area contributed by atoms with E-state index in [0.29, 0.717) is 18.5 Å². The maximum Gasteiger partial charge on any atom is 0.226 e. The van der Waals surface area contributed by atoms with E-state index in [-0.39, 0.29) is 6.10 Å². The Hall–Kier alpha value is -3.16. The average Bonchev–Trinajstić information content (AvgIpc) is 3.49. The minimum atomic E-state index is 0.196. The van der Waals surface area contributed by atoms with Crippen molar-refractivity contribution in [1.82, 2.24) is 20.1 Å². The van der Waals surface area contributed by atoms with Crippen LogP contribution in [0.5, 0.6) is 0 Å². The van der Waals surface area contributed by atoms with Gasteiger partial charge in [-0.15, -0.1) is 0 Å². The van der Waals surface area contributed by atoms with Gasteiger partial charge in [-0.25, -0.2) is 4.98 Å². The quantitative estimate of drug-likeness (QED) is 0.480. The van der Waals surface area contributed by atoms with Gasteiger partial charge < -0.3 is 19.4 Å². The van der Waals surface area contributed by atoms with Gasteiger partial charge in [0.25, 0.3) is 0 Å². The minimum Gasteiger partial charge on any atom is -0.444 e. The normalized spacial score (nSPS) is 21.3. The summed E-state index contributed by atoms with van der Waals surface area (Å²) in [6.45, 7) is 7.04. The highest BCUT2D eigenvalue weighted by atomic mass is 16.5. The highest BCUT2D eigenvalue weighted by Crippen LogP contribution is 2.25. The molecule has 33 heavy (non-hydrogen) atoms. The third-order valence-corrected chi connectivity index (χ3v) is 6.43. The van der Waals surface area contributed by atoms with Crippen molar-refractivity contribution < 1.29 is 9.15 Å². The summed E-state index contributed by atoms with van der Waals surface area (Å²) in [5.41, 5.74) is 4.39. The Labute approximate surface area is 195 Å². The van der Waals surface area contributed by atoms with E-state index in [9.17, 15) is 0 Å². The van der Waals surface area contributed by atoms with E-state index < -0.39 is 0 Å². The van der Waals surface area contributed by atoms with Crippen LogP contribution in [-0.4, -0.2) is 66.2 Å². The first kappa shape index (κ1) is 21.7. The molecular weight excluding hydrogens is 414 g/mol. The number of ether oxygens (including phenoxy) is 1. The Bertz CT molecular complexity index is 1080. The predicted octanol–water partition coefficient (Wildman–Crippen LogP) is 3.31. The zero-order valence-corrected chi connectivity index (χ0v) is 19.3. The van der Waals surface area contributed by atoms with Crippen molar-refractivity contribution in [1.29, 1.82) is 0 Å². The second-order valence-corrected chi connectivity index (χ2v) is 8.75. The lowest BCUT2D eigenvalue weighted by Gasteiger charge is -2.36. The Morgan fingerprint density at radius 3 is 2.73 bits per heavy atom. The molecule has 0 saturated carbocycles. The molecule has 0 radical (unpaired) electrons. The Morgan fingerprint density at radius 1 is 1.12 bits per heavy atom. The van der Waals surface area contributed by atoms with Gasteiger partial charge in [-0.3, -0.25) is 9.89 Å². The van der Waals surface area contributed by atoms with Gasteiger partial charge in [0, 0.05) is 38.8 Å². The van der Waals surface area contributed by atoms with E-state index in [1.54, 1.807) is 6.26 Å². The average molecular weight is 446 g/mol. The molecule has 0 bridgehead atoms. The molecule has 7 nitrogen and oxygen atoms in total. The molecule has 2 fully saturated rings. The first-order valence-electron chi connectivity index (χ1n) is 11.6. The lowest BCUT2D eigenvalue weighted by Crippen LogP contribution is -2.50. The Balaban J connectivity index is 1.20. The van der Waals surface area contributed by atoms with Crippen molar-refractivity contribution in [3.63, 3.8) is 0 Å². The topological polar surface area (TPSA) is 66.1 Å². The van der Waals surface area contributed by atoms with E-state index in [1.807, 2.05) is 19.2 Å². The molecular formula is C26H31N5O2. The number of rotatable bonds is 5. The number of benzene rings is 2. The molecule has 2 unspecified atom stereocenters. The minimum absolute atomic E-state index is 0.196. The fraction of sp³-hybridized carbons (Fsp3) is 0.385. The number of fused-ring (bicyclic) bond motifs is 1. The summed E-state index contributed by atoms with van der Waals surface area (Å²) in [6, 6.07) is 19.2. The van der Waals surface area contributed by atoms with Crippen molar-refractivity contribution in [3.8, 4) is 11.5 Å². The molecule has 0 spiro atoms. The van der Waals surface area contributed by atoms with Crippen LogP contribution < -0.4 is 5.32 Å². The number of morpholine rings is 1. The van der Waals surface area contributed by atoms with Crippen LogP contribution in [0.3, 0.4) is 0 Å². The van der Waals surface area contributed by atoms with Crippen molar-refractivity contribution in [2.24, 2.45) is 4.99 Å². The summed E-state index contributed by atoms with van der Waals surface area (Å²) in [7, 11) is 1.83. The van der Waals surface area contributed by atoms with Gasteiger partial charge in [0.2, 0.25) is 5.89 Å². The number of aromatic nitrogens is 1. The van der Waals surface area contributed by atoms with Gasteiger partial charge in [0.15, 0.2) is 5.96 Å². The summed E-state index contributed by atoms with van der Waals surface area (Å²) < 4.78 is 11.8. The van der Waals surface area contributed by atoms with E-state index in [0.717, 1.165) is 50.0 Å². The molecule has 2 atom stereocenters. The van der Waals surface area contributed by atoms with Gasteiger partial charge >= 0.3 is 0 Å². The largest absolute Gasteiger partial charge is 0.444 e. The van der Waals surface area contributed by atoms with Crippen molar-refractivity contribution in [2.75, 3.05) is 33.3 Å². The fourth-order valence-electron chi connectivity index (χ4n) is 4.66. The van der Waals surface area contributed by atoms with Crippen molar-refractivity contribution in [3.05, 3.63) is 77.7 Å². The van der Waals surface area contributed by atoms with Gasteiger partial charge in [-0.1, -0.05) is 48.0 Å². The number of likely N-dealkylation sites (tertiary alicyclic amines) is 1. The molecule has 0 amide bonds. The zero-order valence-electron chi connectivity index (χ0n) is 19.3. The molecule has 5 rings (SSSR count). The highest BCUT2D eigenvalue weighted by molar-refractivity contribution is 5.80. The zero-order chi connectivity index (χ0) is 22.6. The molecule has 0 aliphatic carbocycles. The molecule has 172 valence electrons. The molecule has 2 aromatic carbocycles. The monoisotopic (exact) mass is 445 g/mol.